The second kappa shape index (κ2) is 12.8. The fourth-order valence-electron chi connectivity index (χ4n) is 4.27. The molecule has 0 bridgehead atoms. The van der Waals surface area contributed by atoms with Gasteiger partial charge in [0.2, 0.25) is 5.91 Å². The maximum atomic E-state index is 12.6. The third-order valence-electron chi connectivity index (χ3n) is 6.26. The fraction of sp³-hybridized carbons (Fsp3) is 0.286. The van der Waals surface area contributed by atoms with Crippen LogP contribution in [0, 0.1) is 0 Å². The summed E-state index contributed by atoms with van der Waals surface area (Å²) in [6.45, 7) is 0.938. The number of hydrogen-bond donors (Lipinski definition) is 4. The zero-order chi connectivity index (χ0) is 27.1. The van der Waals surface area contributed by atoms with Crippen LogP contribution in [0.3, 0.4) is 0 Å². The summed E-state index contributed by atoms with van der Waals surface area (Å²) >= 11 is 12.1. The molecule has 1 atom stereocenters. The van der Waals surface area contributed by atoms with Gasteiger partial charge in [0.1, 0.15) is 11.9 Å². The van der Waals surface area contributed by atoms with Crippen molar-refractivity contribution in [2.75, 3.05) is 17.2 Å². The van der Waals surface area contributed by atoms with Crippen LogP contribution >= 0.6 is 23.2 Å². The predicted octanol–water partition coefficient (Wildman–Crippen LogP) is 5.13. The summed E-state index contributed by atoms with van der Waals surface area (Å²) in [6.07, 6.45) is 3.93. The molecule has 1 aromatic heterocycles. The van der Waals surface area contributed by atoms with Crippen molar-refractivity contribution in [3.05, 3.63) is 87.0 Å². The van der Waals surface area contributed by atoms with Crippen molar-refractivity contribution >= 4 is 52.5 Å². The number of aliphatic carboxylic acids is 1. The van der Waals surface area contributed by atoms with E-state index in [0.29, 0.717) is 30.5 Å². The number of nitrogens with zero attached hydrogens (tertiary/aromatic N) is 1. The number of fused-ring (bicyclic) bond motifs is 1. The first-order valence-electron chi connectivity index (χ1n) is 12.4. The minimum absolute atomic E-state index is 0.0271. The second-order valence-corrected chi connectivity index (χ2v) is 9.92. The van der Waals surface area contributed by atoms with Crippen LogP contribution in [0.5, 0.6) is 0 Å². The first-order chi connectivity index (χ1) is 18.3. The monoisotopic (exact) mass is 554 g/mol. The smallest absolute Gasteiger partial charge is 0.326 e. The molecule has 2 aromatic carbocycles. The molecule has 0 aliphatic carbocycles. The fourth-order valence-corrected chi connectivity index (χ4v) is 4.84. The number of aromatic nitrogens is 1. The van der Waals surface area contributed by atoms with Gasteiger partial charge in [-0.3, -0.25) is 9.59 Å². The van der Waals surface area contributed by atoms with Gasteiger partial charge in [0, 0.05) is 30.8 Å². The zero-order valence-corrected chi connectivity index (χ0v) is 22.1. The topological polar surface area (TPSA) is 120 Å². The first-order valence-corrected chi connectivity index (χ1v) is 13.1. The molecule has 10 heteroatoms. The lowest BCUT2D eigenvalue weighted by molar-refractivity contribution is -0.139. The van der Waals surface area contributed by atoms with E-state index in [4.69, 9.17) is 23.2 Å². The highest BCUT2D eigenvalue weighted by atomic mass is 35.5. The SMILES string of the molecule is O=C(CCCc1ccc2c(n1)NCCC2)Nc1ccc(C[C@H](NC(=O)c2c(Cl)cccc2Cl)C(=O)O)cc1. The summed E-state index contributed by atoms with van der Waals surface area (Å²) in [5, 5.41) is 18.6. The molecule has 38 heavy (non-hydrogen) atoms. The van der Waals surface area contributed by atoms with Gasteiger partial charge in [-0.2, -0.15) is 0 Å². The molecule has 2 amide bonds. The number of carboxylic acid groups (broad SMARTS) is 1. The van der Waals surface area contributed by atoms with E-state index in [0.717, 1.165) is 30.9 Å². The van der Waals surface area contributed by atoms with Crippen LogP contribution in [-0.4, -0.2) is 40.5 Å². The lowest BCUT2D eigenvalue weighted by Gasteiger charge is -2.17. The second-order valence-electron chi connectivity index (χ2n) is 9.10. The van der Waals surface area contributed by atoms with Gasteiger partial charge in [0.15, 0.2) is 0 Å². The molecule has 2 heterocycles. The van der Waals surface area contributed by atoms with E-state index in [9.17, 15) is 19.5 Å². The third kappa shape index (κ3) is 7.24. The number of aryl methyl sites for hydroxylation is 2. The van der Waals surface area contributed by atoms with E-state index >= 15 is 0 Å². The van der Waals surface area contributed by atoms with Crippen LogP contribution in [0.15, 0.2) is 54.6 Å². The van der Waals surface area contributed by atoms with Gasteiger partial charge in [0.25, 0.3) is 5.91 Å². The van der Waals surface area contributed by atoms with Crippen molar-refractivity contribution in [3.63, 3.8) is 0 Å². The molecule has 4 N–H and O–H groups in total. The third-order valence-corrected chi connectivity index (χ3v) is 6.89. The molecule has 0 radical (unpaired) electrons. The van der Waals surface area contributed by atoms with Gasteiger partial charge in [0.05, 0.1) is 15.6 Å². The molecule has 4 rings (SSSR count). The standard InChI is InChI=1S/C28H28Cl2N4O4/c29-21-6-2-7-22(30)25(21)27(36)34-23(28(37)38)16-17-9-12-20(13-10-17)32-24(35)8-1-5-19-14-11-18-4-3-15-31-26(18)33-19/h2,6-7,9-14,23H,1,3-5,8,15-16H2,(H,31,33)(H,32,35)(H,34,36)(H,37,38)/t23-/m0/s1. The molecule has 3 aromatic rings. The van der Waals surface area contributed by atoms with Gasteiger partial charge in [-0.25, -0.2) is 9.78 Å². The summed E-state index contributed by atoms with van der Waals surface area (Å²) < 4.78 is 0. The van der Waals surface area contributed by atoms with Crippen LogP contribution in [0.25, 0.3) is 0 Å². The van der Waals surface area contributed by atoms with Crippen molar-refractivity contribution in [2.24, 2.45) is 0 Å². The Kier molecular flexibility index (Phi) is 9.20. The zero-order valence-electron chi connectivity index (χ0n) is 20.6. The van der Waals surface area contributed by atoms with Crippen molar-refractivity contribution in [1.29, 1.82) is 0 Å². The molecule has 0 saturated heterocycles. The summed E-state index contributed by atoms with van der Waals surface area (Å²) in [5.74, 6) is -1.02. The minimum atomic E-state index is -1.19. The van der Waals surface area contributed by atoms with Gasteiger partial charge in [-0.1, -0.05) is 47.5 Å². The Bertz CT molecular complexity index is 1310. The number of benzene rings is 2. The summed E-state index contributed by atoms with van der Waals surface area (Å²) in [7, 11) is 0. The largest absolute Gasteiger partial charge is 0.480 e. The molecule has 1 aliphatic heterocycles. The molecule has 0 unspecified atom stereocenters. The average molecular weight is 555 g/mol. The number of rotatable bonds is 10. The van der Waals surface area contributed by atoms with Crippen molar-refractivity contribution in [3.8, 4) is 0 Å². The van der Waals surface area contributed by atoms with Crippen LogP contribution in [0.4, 0.5) is 11.5 Å². The normalized spacial score (nSPS) is 13.1. The highest BCUT2D eigenvalue weighted by Gasteiger charge is 2.24. The number of halogens is 2. The van der Waals surface area contributed by atoms with Crippen molar-refractivity contribution < 1.29 is 19.5 Å². The number of hydrogen-bond acceptors (Lipinski definition) is 5. The van der Waals surface area contributed by atoms with E-state index < -0.39 is 17.9 Å². The number of amides is 2. The quantitative estimate of drug-likeness (QED) is 0.275. The summed E-state index contributed by atoms with van der Waals surface area (Å²) in [4.78, 5) is 41.5. The maximum Gasteiger partial charge on any atom is 0.326 e. The molecule has 0 spiro atoms. The van der Waals surface area contributed by atoms with Crippen LogP contribution in [0.1, 0.15) is 46.4 Å². The number of carbonyl (C=O) groups excluding carboxylic acids is 2. The molecule has 0 fully saturated rings. The maximum absolute atomic E-state index is 12.6. The van der Waals surface area contributed by atoms with E-state index in [-0.39, 0.29) is 27.9 Å². The highest BCUT2D eigenvalue weighted by Crippen LogP contribution is 2.24. The predicted molar refractivity (Wildman–Crippen MR) is 148 cm³/mol. The molecule has 198 valence electrons. The number of anilines is 2. The Hall–Kier alpha value is -3.62. The van der Waals surface area contributed by atoms with Crippen LogP contribution in [0.2, 0.25) is 10.0 Å². The molecule has 8 nitrogen and oxygen atoms in total. The first kappa shape index (κ1) is 27.4. The van der Waals surface area contributed by atoms with Crippen molar-refractivity contribution in [1.82, 2.24) is 10.3 Å². The Morgan fingerprint density at radius 1 is 1.03 bits per heavy atom. The van der Waals surface area contributed by atoms with Gasteiger partial charge >= 0.3 is 5.97 Å². The minimum Gasteiger partial charge on any atom is -0.480 e. The average Bonchev–Trinajstić information content (AvgIpc) is 2.89. The Labute approximate surface area is 230 Å². The van der Waals surface area contributed by atoms with E-state index in [2.05, 4.69) is 27.0 Å². The summed E-state index contributed by atoms with van der Waals surface area (Å²) in [6, 6.07) is 14.4. The Morgan fingerprint density at radius 3 is 2.47 bits per heavy atom. The van der Waals surface area contributed by atoms with Crippen molar-refractivity contribution in [2.45, 2.75) is 44.6 Å². The lowest BCUT2D eigenvalue weighted by Crippen LogP contribution is -2.42. The van der Waals surface area contributed by atoms with Gasteiger partial charge < -0.3 is 21.1 Å². The van der Waals surface area contributed by atoms with E-state index in [1.807, 2.05) is 6.07 Å². The summed E-state index contributed by atoms with van der Waals surface area (Å²) in [5.41, 5.74) is 3.51. The number of carbonyl (C=O) groups is 3. The molecular weight excluding hydrogens is 527 g/mol. The van der Waals surface area contributed by atoms with Crippen LogP contribution < -0.4 is 16.0 Å². The van der Waals surface area contributed by atoms with Crippen LogP contribution in [-0.2, 0) is 28.9 Å². The van der Waals surface area contributed by atoms with Gasteiger partial charge in [-0.05, 0) is 67.1 Å². The van der Waals surface area contributed by atoms with E-state index in [1.165, 1.54) is 17.7 Å². The highest BCUT2D eigenvalue weighted by molar-refractivity contribution is 6.39. The van der Waals surface area contributed by atoms with Gasteiger partial charge in [-0.15, -0.1) is 0 Å². The molecule has 1 aliphatic rings. The number of pyridine rings is 1. The lowest BCUT2D eigenvalue weighted by atomic mass is 10.0. The molecule has 0 saturated carbocycles. The number of carboxylic acids is 1. The number of nitrogens with one attached hydrogen (secondary N) is 3. The molecular formula is C28H28Cl2N4O4. The van der Waals surface area contributed by atoms with E-state index in [1.54, 1.807) is 30.3 Å². The Morgan fingerprint density at radius 2 is 1.76 bits per heavy atom. The Balaban J connectivity index is 1.27.